The minimum Gasteiger partial charge on any atom is -0.364 e. The predicted molar refractivity (Wildman–Crippen MR) is 78.8 cm³/mol. The van der Waals surface area contributed by atoms with Gasteiger partial charge in [0.15, 0.2) is 0 Å². The van der Waals surface area contributed by atoms with Crippen molar-refractivity contribution in [2.75, 3.05) is 11.9 Å². The van der Waals surface area contributed by atoms with Crippen molar-refractivity contribution in [1.29, 1.82) is 0 Å². The van der Waals surface area contributed by atoms with Crippen LogP contribution in [0.25, 0.3) is 0 Å². The summed E-state index contributed by atoms with van der Waals surface area (Å²) in [5, 5.41) is 5.48. The number of carbonyl (C=O) groups is 1. The number of primary amides is 1. The molecule has 0 unspecified atom stereocenters. The van der Waals surface area contributed by atoms with Gasteiger partial charge in [-0.3, -0.25) is 9.79 Å². The number of amides is 1. The smallest absolute Gasteiger partial charge is 0.267 e. The van der Waals surface area contributed by atoms with Gasteiger partial charge in [0.2, 0.25) is 0 Å². The van der Waals surface area contributed by atoms with Crippen LogP contribution in [0, 0.1) is 12.7 Å². The van der Waals surface area contributed by atoms with Gasteiger partial charge in [0.05, 0.1) is 24.3 Å². The molecule has 6 heteroatoms. The fourth-order valence-corrected chi connectivity index (χ4v) is 1.62. The number of nitrogens with zero attached hydrogens (tertiary/aromatic N) is 1. The number of hydrogen-bond acceptors (Lipinski definition) is 4. The molecule has 2 rings (SSSR count). The lowest BCUT2D eigenvalue weighted by Crippen LogP contribution is -2.32. The van der Waals surface area contributed by atoms with Crippen LogP contribution in [0.5, 0.6) is 0 Å². The number of nitrogens with two attached hydrogens (primary N) is 1. The van der Waals surface area contributed by atoms with Crippen LogP contribution in [0.2, 0.25) is 0 Å². The van der Waals surface area contributed by atoms with Crippen LogP contribution in [0.1, 0.15) is 19.4 Å². The predicted octanol–water partition coefficient (Wildman–Crippen LogP) is 1.90. The molecular weight excluding hydrogens is 259 g/mol. The maximum Gasteiger partial charge on any atom is 0.267 e. The Labute approximate surface area is 117 Å². The molecule has 0 radical (unpaired) electrons. The highest BCUT2D eigenvalue weighted by Gasteiger charge is 2.15. The molecule has 108 valence electrons. The number of nitrogens with one attached hydrogen (secondary N) is 2. The molecule has 0 spiro atoms. The standard InChI is InChI=1S/C12H13FN4O.C2H6/c1-7-2-3-9(8(13)4-7)17-10-5-15-6-16-11(10)12(14)18;1-2/h2-4,6,17H,5H2,1H3,(H2,14,18)(H,15,16);1-2H3. The van der Waals surface area contributed by atoms with E-state index in [0.717, 1.165) is 5.56 Å². The zero-order valence-electron chi connectivity index (χ0n) is 11.8. The summed E-state index contributed by atoms with van der Waals surface area (Å²) in [6, 6.07) is 4.79. The summed E-state index contributed by atoms with van der Waals surface area (Å²) in [5.74, 6) is -1.00. The first kappa shape index (κ1) is 15.7. The molecule has 0 bridgehead atoms. The highest BCUT2D eigenvalue weighted by molar-refractivity contribution is 5.95. The topological polar surface area (TPSA) is 79.5 Å². The summed E-state index contributed by atoms with van der Waals surface area (Å²) in [5.41, 5.74) is 6.98. The normalized spacial score (nSPS) is 13.2. The molecule has 1 heterocycles. The summed E-state index contributed by atoms with van der Waals surface area (Å²) >= 11 is 0. The number of benzene rings is 1. The molecule has 0 atom stereocenters. The fraction of sp³-hybridized carbons (Fsp3) is 0.286. The lowest BCUT2D eigenvalue weighted by Gasteiger charge is -2.17. The molecule has 1 aliphatic rings. The zero-order valence-corrected chi connectivity index (χ0v) is 11.8. The molecule has 4 N–H and O–H groups in total. The van der Waals surface area contributed by atoms with Crippen molar-refractivity contribution in [3.05, 3.63) is 41.0 Å². The van der Waals surface area contributed by atoms with Gasteiger partial charge in [-0.05, 0) is 24.6 Å². The Balaban J connectivity index is 0.000000956. The number of halogens is 1. The Kier molecular flexibility index (Phi) is 5.71. The van der Waals surface area contributed by atoms with E-state index in [0.29, 0.717) is 5.70 Å². The molecule has 0 saturated heterocycles. The molecular formula is C14H19FN4O. The molecule has 1 aliphatic heterocycles. The van der Waals surface area contributed by atoms with Crippen LogP contribution in [0.4, 0.5) is 10.1 Å². The van der Waals surface area contributed by atoms with Gasteiger partial charge >= 0.3 is 0 Å². The van der Waals surface area contributed by atoms with Crippen LogP contribution >= 0.6 is 0 Å². The van der Waals surface area contributed by atoms with Crippen molar-refractivity contribution in [2.45, 2.75) is 20.8 Å². The van der Waals surface area contributed by atoms with Gasteiger partial charge in [-0.25, -0.2) is 4.39 Å². The average molecular weight is 278 g/mol. The molecule has 20 heavy (non-hydrogen) atoms. The lowest BCUT2D eigenvalue weighted by molar-refractivity contribution is -0.114. The molecule has 0 aromatic heterocycles. The Morgan fingerprint density at radius 1 is 1.45 bits per heavy atom. The summed E-state index contributed by atoms with van der Waals surface area (Å²) in [7, 11) is 0. The molecule has 0 saturated carbocycles. The number of aryl methyl sites for hydroxylation is 1. The third kappa shape index (κ3) is 3.81. The maximum absolute atomic E-state index is 13.7. The van der Waals surface area contributed by atoms with Gasteiger partial charge in [0, 0.05) is 0 Å². The minimum absolute atomic E-state index is 0.199. The minimum atomic E-state index is -0.615. The van der Waals surface area contributed by atoms with Crippen molar-refractivity contribution in [3.8, 4) is 0 Å². The Hall–Kier alpha value is -2.37. The number of hydrogen-bond donors (Lipinski definition) is 3. The third-order valence-corrected chi connectivity index (χ3v) is 2.51. The van der Waals surface area contributed by atoms with Crippen molar-refractivity contribution in [1.82, 2.24) is 5.32 Å². The first-order chi connectivity index (χ1) is 9.58. The summed E-state index contributed by atoms with van der Waals surface area (Å²) in [4.78, 5) is 15.1. The van der Waals surface area contributed by atoms with E-state index in [4.69, 9.17) is 5.73 Å². The molecule has 5 nitrogen and oxygen atoms in total. The van der Waals surface area contributed by atoms with Crippen LogP contribution in [0.3, 0.4) is 0 Å². The SMILES string of the molecule is CC.Cc1ccc(NC2=C(C(N)=O)NC=NC2)c(F)c1. The van der Waals surface area contributed by atoms with Gasteiger partial charge < -0.3 is 16.4 Å². The second-order valence-electron chi connectivity index (χ2n) is 3.94. The van der Waals surface area contributed by atoms with E-state index in [2.05, 4.69) is 15.6 Å². The maximum atomic E-state index is 13.7. The highest BCUT2D eigenvalue weighted by Crippen LogP contribution is 2.18. The largest absolute Gasteiger partial charge is 0.364 e. The molecule has 0 fully saturated rings. The molecule has 1 aromatic carbocycles. The monoisotopic (exact) mass is 278 g/mol. The van der Waals surface area contributed by atoms with E-state index in [1.165, 1.54) is 12.4 Å². The van der Waals surface area contributed by atoms with Crippen LogP contribution in [-0.4, -0.2) is 18.8 Å². The number of aliphatic imine (C=N–C) groups is 1. The lowest BCUT2D eigenvalue weighted by atomic mass is 10.2. The Morgan fingerprint density at radius 2 is 2.15 bits per heavy atom. The van der Waals surface area contributed by atoms with Crippen LogP contribution in [0.15, 0.2) is 34.6 Å². The molecule has 1 amide bonds. The van der Waals surface area contributed by atoms with Crippen LogP contribution < -0.4 is 16.4 Å². The average Bonchev–Trinajstić information content (AvgIpc) is 2.44. The fourth-order valence-electron chi connectivity index (χ4n) is 1.62. The zero-order chi connectivity index (χ0) is 15.1. The van der Waals surface area contributed by atoms with Crippen molar-refractivity contribution < 1.29 is 9.18 Å². The molecule has 1 aromatic rings. The van der Waals surface area contributed by atoms with Gasteiger partial charge in [-0.15, -0.1) is 0 Å². The van der Waals surface area contributed by atoms with Gasteiger partial charge in [0.25, 0.3) is 5.91 Å². The van der Waals surface area contributed by atoms with E-state index in [1.54, 1.807) is 19.1 Å². The first-order valence-corrected chi connectivity index (χ1v) is 6.39. The third-order valence-electron chi connectivity index (χ3n) is 2.51. The van der Waals surface area contributed by atoms with Gasteiger partial charge in [0.1, 0.15) is 11.5 Å². The number of rotatable bonds is 3. The second kappa shape index (κ2) is 7.28. The number of anilines is 1. The van der Waals surface area contributed by atoms with E-state index >= 15 is 0 Å². The van der Waals surface area contributed by atoms with E-state index < -0.39 is 5.91 Å². The Bertz CT molecular complexity index is 552. The summed E-state index contributed by atoms with van der Waals surface area (Å²) in [6.07, 6.45) is 1.39. The van der Waals surface area contributed by atoms with E-state index in [9.17, 15) is 9.18 Å². The van der Waals surface area contributed by atoms with Crippen molar-refractivity contribution in [2.24, 2.45) is 10.7 Å². The van der Waals surface area contributed by atoms with Crippen molar-refractivity contribution in [3.63, 3.8) is 0 Å². The van der Waals surface area contributed by atoms with Gasteiger partial charge in [-0.1, -0.05) is 19.9 Å². The first-order valence-electron chi connectivity index (χ1n) is 6.39. The van der Waals surface area contributed by atoms with E-state index in [-0.39, 0.29) is 23.7 Å². The van der Waals surface area contributed by atoms with Gasteiger partial charge in [-0.2, -0.15) is 0 Å². The van der Waals surface area contributed by atoms with Crippen LogP contribution in [-0.2, 0) is 4.79 Å². The summed E-state index contributed by atoms with van der Waals surface area (Å²) < 4.78 is 13.7. The van der Waals surface area contributed by atoms with E-state index in [1.807, 2.05) is 13.8 Å². The molecule has 0 aliphatic carbocycles. The highest BCUT2D eigenvalue weighted by atomic mass is 19.1. The van der Waals surface area contributed by atoms with Crippen molar-refractivity contribution >= 4 is 17.9 Å². The Morgan fingerprint density at radius 3 is 2.75 bits per heavy atom. The quantitative estimate of drug-likeness (QED) is 0.790. The number of carbonyl (C=O) groups excluding carboxylic acids is 1. The second-order valence-corrected chi connectivity index (χ2v) is 3.94. The summed E-state index contributed by atoms with van der Waals surface area (Å²) in [6.45, 7) is 6.05.